The summed E-state index contributed by atoms with van der Waals surface area (Å²) in [6.07, 6.45) is -1.07. The van der Waals surface area contributed by atoms with E-state index in [1.54, 1.807) is 42.5 Å². The van der Waals surface area contributed by atoms with Gasteiger partial charge < -0.3 is 15.8 Å². The molecule has 0 aliphatic carbocycles. The Hall–Kier alpha value is -3.81. The normalized spacial score (nSPS) is 11.6. The van der Waals surface area contributed by atoms with Crippen LogP contribution in [0.3, 0.4) is 0 Å². The molecule has 2 aromatic carbocycles. The molecule has 0 radical (unpaired) electrons. The highest BCUT2D eigenvalue weighted by Gasteiger charge is 2.20. The summed E-state index contributed by atoms with van der Waals surface area (Å²) in [7, 11) is 0. The number of esters is 1. The Kier molecular flexibility index (Phi) is 5.07. The summed E-state index contributed by atoms with van der Waals surface area (Å²) in [4.78, 5) is 36.4. The number of nitrogens with two attached hydrogens (primary N) is 1. The molecule has 1 amide bonds. The van der Waals surface area contributed by atoms with Gasteiger partial charge in [-0.05, 0) is 37.3 Å². The molecular weight excluding hydrogens is 348 g/mol. The SMILES string of the molecule is CC(OC(=O)c1cccc(N)c1)C(=O)Nc1cc(=O)n(-c2ccccc2)[nH]1. The van der Waals surface area contributed by atoms with Crippen LogP contribution in [0.5, 0.6) is 0 Å². The van der Waals surface area contributed by atoms with Crippen LogP contribution in [0.2, 0.25) is 0 Å². The van der Waals surface area contributed by atoms with E-state index < -0.39 is 18.0 Å². The number of nitrogens with zero attached hydrogens (tertiary/aromatic N) is 1. The fraction of sp³-hybridized carbons (Fsp3) is 0.105. The Bertz CT molecular complexity index is 1020. The summed E-state index contributed by atoms with van der Waals surface area (Å²) in [5, 5.41) is 5.31. The molecule has 0 spiro atoms. The maximum absolute atomic E-state index is 12.3. The monoisotopic (exact) mass is 366 g/mol. The molecule has 27 heavy (non-hydrogen) atoms. The van der Waals surface area contributed by atoms with E-state index in [1.807, 2.05) is 6.07 Å². The molecule has 0 aliphatic rings. The van der Waals surface area contributed by atoms with Crippen LogP contribution < -0.4 is 16.6 Å². The highest BCUT2D eigenvalue weighted by molar-refractivity contribution is 5.97. The highest BCUT2D eigenvalue weighted by atomic mass is 16.5. The minimum Gasteiger partial charge on any atom is -0.449 e. The number of aromatic nitrogens is 2. The lowest BCUT2D eigenvalue weighted by Gasteiger charge is -2.13. The number of hydrogen-bond acceptors (Lipinski definition) is 5. The fourth-order valence-electron chi connectivity index (χ4n) is 2.41. The molecule has 0 saturated heterocycles. The van der Waals surface area contributed by atoms with E-state index in [0.29, 0.717) is 11.4 Å². The van der Waals surface area contributed by atoms with Gasteiger partial charge in [-0.3, -0.25) is 14.7 Å². The number of carbonyl (C=O) groups excluding carboxylic acids is 2. The third kappa shape index (κ3) is 4.24. The second-order valence-electron chi connectivity index (χ2n) is 5.84. The van der Waals surface area contributed by atoms with E-state index in [1.165, 1.54) is 23.7 Å². The topological polar surface area (TPSA) is 119 Å². The number of H-pyrrole nitrogens is 1. The number of nitrogen functional groups attached to an aromatic ring is 1. The Morgan fingerprint density at radius 1 is 1.11 bits per heavy atom. The van der Waals surface area contributed by atoms with E-state index in [-0.39, 0.29) is 16.9 Å². The van der Waals surface area contributed by atoms with Crippen molar-refractivity contribution in [3.05, 3.63) is 76.6 Å². The zero-order valence-corrected chi connectivity index (χ0v) is 14.5. The number of anilines is 2. The van der Waals surface area contributed by atoms with Gasteiger partial charge in [0.2, 0.25) is 0 Å². The maximum Gasteiger partial charge on any atom is 0.338 e. The summed E-state index contributed by atoms with van der Waals surface area (Å²) in [6, 6.07) is 16.4. The van der Waals surface area contributed by atoms with Crippen LogP contribution in [0.15, 0.2) is 65.5 Å². The molecule has 1 unspecified atom stereocenters. The van der Waals surface area contributed by atoms with Crippen molar-refractivity contribution < 1.29 is 14.3 Å². The molecule has 3 rings (SSSR count). The standard InChI is InChI=1S/C19H18N4O4/c1-12(27-19(26)13-6-5-7-14(20)10-13)18(25)21-16-11-17(24)23(22-16)15-8-3-2-4-9-15/h2-12,22H,20H2,1H3,(H,21,25). The van der Waals surface area contributed by atoms with Gasteiger partial charge in [-0.2, -0.15) is 0 Å². The molecule has 0 aliphatic heterocycles. The Morgan fingerprint density at radius 3 is 2.56 bits per heavy atom. The molecule has 1 heterocycles. The van der Waals surface area contributed by atoms with Crippen molar-refractivity contribution in [3.8, 4) is 5.69 Å². The Labute approximate surface area is 154 Å². The Balaban J connectivity index is 1.67. The molecule has 0 fully saturated rings. The summed E-state index contributed by atoms with van der Waals surface area (Å²) in [5.41, 5.74) is 6.59. The molecule has 1 atom stereocenters. The van der Waals surface area contributed by atoms with E-state index in [9.17, 15) is 14.4 Å². The van der Waals surface area contributed by atoms with Crippen LogP contribution in [0, 0.1) is 0 Å². The third-order valence-electron chi connectivity index (χ3n) is 3.77. The van der Waals surface area contributed by atoms with Crippen molar-refractivity contribution in [1.82, 2.24) is 9.78 Å². The van der Waals surface area contributed by atoms with E-state index >= 15 is 0 Å². The van der Waals surface area contributed by atoms with Gasteiger partial charge in [-0.15, -0.1) is 0 Å². The lowest BCUT2D eigenvalue weighted by molar-refractivity contribution is -0.123. The van der Waals surface area contributed by atoms with E-state index in [4.69, 9.17) is 10.5 Å². The maximum atomic E-state index is 12.3. The molecule has 8 nitrogen and oxygen atoms in total. The number of amides is 1. The Morgan fingerprint density at radius 2 is 1.85 bits per heavy atom. The average molecular weight is 366 g/mol. The van der Waals surface area contributed by atoms with Gasteiger partial charge in [0.1, 0.15) is 5.82 Å². The first kappa shape index (κ1) is 18.0. The minimum absolute atomic E-state index is 0.195. The van der Waals surface area contributed by atoms with Gasteiger partial charge >= 0.3 is 5.97 Å². The second-order valence-corrected chi connectivity index (χ2v) is 5.84. The van der Waals surface area contributed by atoms with E-state index in [2.05, 4.69) is 10.4 Å². The summed E-state index contributed by atoms with van der Waals surface area (Å²) in [6.45, 7) is 1.44. The molecule has 0 bridgehead atoms. The summed E-state index contributed by atoms with van der Waals surface area (Å²) in [5.74, 6) is -1.05. The number of benzene rings is 2. The van der Waals surface area contributed by atoms with Crippen molar-refractivity contribution in [2.75, 3.05) is 11.1 Å². The predicted molar refractivity (Wildman–Crippen MR) is 101 cm³/mol. The number of rotatable bonds is 5. The predicted octanol–water partition coefficient (Wildman–Crippen LogP) is 1.93. The second kappa shape index (κ2) is 7.61. The summed E-state index contributed by atoms with van der Waals surface area (Å²) >= 11 is 0. The first-order valence-electron chi connectivity index (χ1n) is 8.19. The van der Waals surface area contributed by atoms with Gasteiger partial charge in [0.15, 0.2) is 6.10 Å². The fourth-order valence-corrected chi connectivity index (χ4v) is 2.41. The van der Waals surface area contributed by atoms with Crippen molar-refractivity contribution in [1.29, 1.82) is 0 Å². The number of aromatic amines is 1. The van der Waals surface area contributed by atoms with Crippen molar-refractivity contribution in [2.45, 2.75) is 13.0 Å². The van der Waals surface area contributed by atoms with E-state index in [0.717, 1.165) is 0 Å². The lowest BCUT2D eigenvalue weighted by atomic mass is 10.2. The van der Waals surface area contributed by atoms with Crippen LogP contribution >= 0.6 is 0 Å². The van der Waals surface area contributed by atoms with Gasteiger partial charge in [0, 0.05) is 11.8 Å². The number of hydrogen-bond donors (Lipinski definition) is 3. The average Bonchev–Trinajstić information content (AvgIpc) is 3.02. The quantitative estimate of drug-likeness (QED) is 0.471. The largest absolute Gasteiger partial charge is 0.449 e. The highest BCUT2D eigenvalue weighted by Crippen LogP contribution is 2.11. The van der Waals surface area contributed by atoms with Crippen LogP contribution in [-0.2, 0) is 9.53 Å². The van der Waals surface area contributed by atoms with Crippen LogP contribution in [0.25, 0.3) is 5.69 Å². The molecular formula is C19H18N4O4. The van der Waals surface area contributed by atoms with Crippen LogP contribution in [0.4, 0.5) is 11.5 Å². The molecule has 8 heteroatoms. The van der Waals surface area contributed by atoms with Crippen molar-refractivity contribution in [2.24, 2.45) is 0 Å². The smallest absolute Gasteiger partial charge is 0.338 e. The first-order chi connectivity index (χ1) is 12.9. The minimum atomic E-state index is -1.07. The number of nitrogens with one attached hydrogen (secondary N) is 2. The molecule has 4 N–H and O–H groups in total. The zero-order chi connectivity index (χ0) is 19.4. The first-order valence-corrected chi connectivity index (χ1v) is 8.19. The van der Waals surface area contributed by atoms with Crippen molar-refractivity contribution >= 4 is 23.4 Å². The third-order valence-corrected chi connectivity index (χ3v) is 3.77. The van der Waals surface area contributed by atoms with Crippen LogP contribution in [-0.4, -0.2) is 27.8 Å². The lowest BCUT2D eigenvalue weighted by Crippen LogP contribution is -2.30. The molecule has 3 aromatic rings. The zero-order valence-electron chi connectivity index (χ0n) is 14.5. The summed E-state index contributed by atoms with van der Waals surface area (Å²) < 4.78 is 6.43. The van der Waals surface area contributed by atoms with Crippen LogP contribution in [0.1, 0.15) is 17.3 Å². The number of ether oxygens (including phenoxy) is 1. The van der Waals surface area contributed by atoms with Gasteiger partial charge in [0.25, 0.3) is 11.5 Å². The number of carbonyl (C=O) groups is 2. The molecule has 138 valence electrons. The molecule has 1 aromatic heterocycles. The van der Waals surface area contributed by atoms with Gasteiger partial charge in [0.05, 0.1) is 11.3 Å². The number of para-hydroxylation sites is 1. The van der Waals surface area contributed by atoms with Gasteiger partial charge in [-0.1, -0.05) is 24.3 Å². The van der Waals surface area contributed by atoms with Crippen molar-refractivity contribution in [3.63, 3.8) is 0 Å². The molecule has 0 saturated carbocycles. The van der Waals surface area contributed by atoms with Gasteiger partial charge in [-0.25, -0.2) is 9.48 Å².